The summed E-state index contributed by atoms with van der Waals surface area (Å²) < 4.78 is 11.6. The van der Waals surface area contributed by atoms with Gasteiger partial charge in [-0.2, -0.15) is 0 Å². The number of oxazole rings is 1. The Bertz CT molecular complexity index is 1220. The van der Waals surface area contributed by atoms with Gasteiger partial charge in [0, 0.05) is 11.3 Å². The number of hydrogen-bond acceptors (Lipinski definition) is 4. The third-order valence-electron chi connectivity index (χ3n) is 4.92. The molecule has 1 aromatic heterocycles. The van der Waals surface area contributed by atoms with Crippen LogP contribution in [0.1, 0.15) is 22.3 Å². The molecule has 1 N–H and O–H groups in total. The third kappa shape index (κ3) is 4.20. The van der Waals surface area contributed by atoms with Crippen LogP contribution in [0.5, 0.6) is 5.75 Å². The molecule has 152 valence electrons. The second-order valence-corrected chi connectivity index (χ2v) is 7.63. The molecule has 4 rings (SSSR count). The molecule has 1 heterocycles. The van der Waals surface area contributed by atoms with Crippen molar-refractivity contribution >= 4 is 22.7 Å². The molecular weight excluding hydrogens is 376 g/mol. The van der Waals surface area contributed by atoms with Gasteiger partial charge in [0.1, 0.15) is 11.3 Å². The SMILES string of the molecule is Cc1ccc(OCC(=O)Nc2ccc(-c3nc4cc(C)cc(C)c4o3)cc2)c(C)c1. The fraction of sp³-hybridized carbons (Fsp3) is 0.200. The Morgan fingerprint density at radius 2 is 1.67 bits per heavy atom. The number of hydrogen-bond donors (Lipinski definition) is 1. The summed E-state index contributed by atoms with van der Waals surface area (Å²) in [5.41, 5.74) is 7.59. The standard InChI is InChI=1S/C25H24N2O3/c1-15-5-10-22(17(3)11-15)29-14-23(28)26-20-8-6-19(7-9-20)25-27-21-13-16(2)12-18(4)24(21)30-25/h5-13H,14H2,1-4H3,(H,26,28). The fourth-order valence-corrected chi connectivity index (χ4v) is 3.50. The topological polar surface area (TPSA) is 64.4 Å². The summed E-state index contributed by atoms with van der Waals surface area (Å²) in [6.45, 7) is 8.00. The molecule has 0 fully saturated rings. The van der Waals surface area contributed by atoms with Gasteiger partial charge in [0.05, 0.1) is 0 Å². The van der Waals surface area contributed by atoms with Gasteiger partial charge in [0.25, 0.3) is 5.91 Å². The molecule has 0 aliphatic heterocycles. The van der Waals surface area contributed by atoms with E-state index < -0.39 is 0 Å². The molecule has 1 amide bonds. The maximum absolute atomic E-state index is 12.2. The van der Waals surface area contributed by atoms with Crippen LogP contribution in [-0.4, -0.2) is 17.5 Å². The zero-order chi connectivity index (χ0) is 21.3. The van der Waals surface area contributed by atoms with Crippen LogP contribution in [0.15, 0.2) is 59.0 Å². The van der Waals surface area contributed by atoms with E-state index in [-0.39, 0.29) is 12.5 Å². The summed E-state index contributed by atoms with van der Waals surface area (Å²) in [5, 5.41) is 2.85. The number of fused-ring (bicyclic) bond motifs is 1. The summed E-state index contributed by atoms with van der Waals surface area (Å²) in [6, 6.07) is 17.4. The Morgan fingerprint density at radius 3 is 2.40 bits per heavy atom. The number of aryl methyl sites for hydroxylation is 4. The number of carbonyl (C=O) groups excluding carboxylic acids is 1. The van der Waals surface area contributed by atoms with E-state index in [9.17, 15) is 4.79 Å². The Hall–Kier alpha value is -3.60. The molecule has 5 heteroatoms. The summed E-state index contributed by atoms with van der Waals surface area (Å²) in [5.74, 6) is 1.07. The molecule has 0 bridgehead atoms. The normalized spacial score (nSPS) is 10.9. The summed E-state index contributed by atoms with van der Waals surface area (Å²) in [4.78, 5) is 16.8. The van der Waals surface area contributed by atoms with Crippen molar-refractivity contribution in [2.24, 2.45) is 0 Å². The van der Waals surface area contributed by atoms with Gasteiger partial charge in [0.15, 0.2) is 12.2 Å². The molecule has 0 aliphatic carbocycles. The zero-order valence-corrected chi connectivity index (χ0v) is 17.6. The van der Waals surface area contributed by atoms with Gasteiger partial charge in [-0.15, -0.1) is 0 Å². The van der Waals surface area contributed by atoms with Gasteiger partial charge in [-0.25, -0.2) is 4.98 Å². The highest BCUT2D eigenvalue weighted by atomic mass is 16.5. The maximum atomic E-state index is 12.2. The van der Waals surface area contributed by atoms with Crippen LogP contribution in [0.2, 0.25) is 0 Å². The molecule has 5 nitrogen and oxygen atoms in total. The van der Waals surface area contributed by atoms with Gasteiger partial charge in [-0.3, -0.25) is 4.79 Å². The number of nitrogens with one attached hydrogen (secondary N) is 1. The smallest absolute Gasteiger partial charge is 0.262 e. The van der Waals surface area contributed by atoms with Crippen molar-refractivity contribution in [1.82, 2.24) is 4.98 Å². The first-order chi connectivity index (χ1) is 14.4. The molecule has 0 aliphatic rings. The molecule has 0 spiro atoms. The van der Waals surface area contributed by atoms with E-state index in [4.69, 9.17) is 9.15 Å². The molecule has 0 saturated heterocycles. The Morgan fingerprint density at radius 1 is 0.933 bits per heavy atom. The number of nitrogens with zero attached hydrogens (tertiary/aromatic N) is 1. The van der Waals surface area contributed by atoms with E-state index >= 15 is 0 Å². The summed E-state index contributed by atoms with van der Waals surface area (Å²) in [7, 11) is 0. The molecule has 0 unspecified atom stereocenters. The lowest BCUT2D eigenvalue weighted by Gasteiger charge is -2.10. The molecule has 30 heavy (non-hydrogen) atoms. The van der Waals surface area contributed by atoms with Crippen LogP contribution in [0.3, 0.4) is 0 Å². The van der Waals surface area contributed by atoms with Crippen molar-refractivity contribution in [3.05, 3.63) is 76.9 Å². The zero-order valence-electron chi connectivity index (χ0n) is 17.6. The number of ether oxygens (including phenoxy) is 1. The molecule has 0 saturated carbocycles. The summed E-state index contributed by atoms with van der Waals surface area (Å²) in [6.07, 6.45) is 0. The number of carbonyl (C=O) groups is 1. The number of amides is 1. The molecular formula is C25H24N2O3. The molecule has 3 aromatic carbocycles. The molecule has 0 radical (unpaired) electrons. The predicted molar refractivity (Wildman–Crippen MR) is 119 cm³/mol. The lowest BCUT2D eigenvalue weighted by Crippen LogP contribution is -2.20. The average Bonchev–Trinajstić information content (AvgIpc) is 3.12. The first-order valence-electron chi connectivity index (χ1n) is 9.87. The van der Waals surface area contributed by atoms with Crippen LogP contribution in [0, 0.1) is 27.7 Å². The van der Waals surface area contributed by atoms with Crippen LogP contribution in [0.25, 0.3) is 22.6 Å². The lowest BCUT2D eigenvalue weighted by atomic mass is 10.1. The van der Waals surface area contributed by atoms with Crippen molar-refractivity contribution < 1.29 is 13.9 Å². The van der Waals surface area contributed by atoms with Crippen LogP contribution >= 0.6 is 0 Å². The highest BCUT2D eigenvalue weighted by Gasteiger charge is 2.11. The van der Waals surface area contributed by atoms with Gasteiger partial charge in [-0.05, 0) is 80.8 Å². The summed E-state index contributed by atoms with van der Waals surface area (Å²) >= 11 is 0. The number of anilines is 1. The van der Waals surface area contributed by atoms with Crippen molar-refractivity contribution in [1.29, 1.82) is 0 Å². The largest absolute Gasteiger partial charge is 0.483 e. The second kappa shape index (κ2) is 8.03. The van der Waals surface area contributed by atoms with Crippen LogP contribution in [0.4, 0.5) is 5.69 Å². The van der Waals surface area contributed by atoms with Crippen LogP contribution < -0.4 is 10.1 Å². The van der Waals surface area contributed by atoms with Gasteiger partial charge >= 0.3 is 0 Å². The highest BCUT2D eigenvalue weighted by Crippen LogP contribution is 2.28. The fourth-order valence-electron chi connectivity index (χ4n) is 3.50. The van der Waals surface area contributed by atoms with E-state index in [0.717, 1.165) is 38.9 Å². The van der Waals surface area contributed by atoms with E-state index in [2.05, 4.69) is 16.4 Å². The lowest BCUT2D eigenvalue weighted by molar-refractivity contribution is -0.118. The van der Waals surface area contributed by atoms with Crippen molar-refractivity contribution in [2.45, 2.75) is 27.7 Å². The number of rotatable bonds is 5. The average molecular weight is 400 g/mol. The Balaban J connectivity index is 1.42. The second-order valence-electron chi connectivity index (χ2n) is 7.63. The predicted octanol–water partition coefficient (Wildman–Crippen LogP) is 5.75. The van der Waals surface area contributed by atoms with Crippen molar-refractivity contribution in [3.8, 4) is 17.2 Å². The van der Waals surface area contributed by atoms with Crippen molar-refractivity contribution in [2.75, 3.05) is 11.9 Å². The first-order valence-corrected chi connectivity index (χ1v) is 9.87. The third-order valence-corrected chi connectivity index (χ3v) is 4.92. The first kappa shape index (κ1) is 19.7. The maximum Gasteiger partial charge on any atom is 0.262 e. The quantitative estimate of drug-likeness (QED) is 0.463. The molecule has 0 atom stereocenters. The van der Waals surface area contributed by atoms with E-state index in [1.807, 2.05) is 76.2 Å². The number of aromatic nitrogens is 1. The Labute approximate surface area is 175 Å². The Kier molecular flexibility index (Phi) is 5.27. The van der Waals surface area contributed by atoms with E-state index in [1.54, 1.807) is 0 Å². The van der Waals surface area contributed by atoms with Gasteiger partial charge < -0.3 is 14.5 Å². The minimum atomic E-state index is -0.212. The minimum Gasteiger partial charge on any atom is -0.483 e. The van der Waals surface area contributed by atoms with Crippen molar-refractivity contribution in [3.63, 3.8) is 0 Å². The van der Waals surface area contributed by atoms with Gasteiger partial charge in [-0.1, -0.05) is 23.8 Å². The van der Waals surface area contributed by atoms with Crippen LogP contribution in [-0.2, 0) is 4.79 Å². The minimum absolute atomic E-state index is 0.0462. The monoisotopic (exact) mass is 400 g/mol. The molecule has 4 aromatic rings. The number of benzene rings is 3. The highest BCUT2D eigenvalue weighted by molar-refractivity contribution is 5.92. The van der Waals surface area contributed by atoms with E-state index in [0.29, 0.717) is 17.3 Å². The van der Waals surface area contributed by atoms with E-state index in [1.165, 1.54) is 0 Å². The van der Waals surface area contributed by atoms with Gasteiger partial charge in [0.2, 0.25) is 5.89 Å².